The first kappa shape index (κ1) is 20.8. The Bertz CT molecular complexity index is 1240. The molecule has 1 amide bonds. The molecule has 0 aliphatic rings. The molecular weight excluding hydrogens is 456 g/mol. The lowest BCUT2D eigenvalue weighted by Gasteiger charge is -2.14. The van der Waals surface area contributed by atoms with Crippen LogP contribution in [0.1, 0.15) is 21.5 Å². The quantitative estimate of drug-likeness (QED) is 0.355. The van der Waals surface area contributed by atoms with Gasteiger partial charge in [0.1, 0.15) is 16.2 Å². The Hall–Kier alpha value is -3.45. The molecule has 31 heavy (non-hydrogen) atoms. The van der Waals surface area contributed by atoms with Crippen LogP contribution in [-0.2, 0) is 6.54 Å². The normalized spacial score (nSPS) is 10.7. The van der Waals surface area contributed by atoms with E-state index in [1.807, 2.05) is 61.5 Å². The van der Waals surface area contributed by atoms with Gasteiger partial charge in [0.15, 0.2) is 0 Å². The number of carbonyl (C=O) groups excluding carboxylic acids is 1. The Morgan fingerprint density at radius 2 is 1.94 bits per heavy atom. The third-order valence-corrected chi connectivity index (χ3v) is 5.36. The number of carbonyl (C=O) groups is 1. The third kappa shape index (κ3) is 4.83. The number of fused-ring (bicyclic) bond motifs is 1. The molecule has 7 heteroatoms. The highest BCUT2D eigenvalue weighted by Gasteiger charge is 2.14. The lowest BCUT2D eigenvalue weighted by Crippen LogP contribution is -2.16. The Morgan fingerprint density at radius 3 is 2.71 bits per heavy atom. The van der Waals surface area contributed by atoms with Gasteiger partial charge in [0, 0.05) is 29.9 Å². The summed E-state index contributed by atoms with van der Waals surface area (Å²) in [5.41, 5.74) is 3.94. The molecule has 0 atom stereocenters. The van der Waals surface area contributed by atoms with E-state index in [4.69, 9.17) is 4.74 Å². The summed E-state index contributed by atoms with van der Waals surface area (Å²) < 4.78 is 6.07. The number of methoxy groups -OCH3 is 1. The molecule has 0 fully saturated rings. The van der Waals surface area contributed by atoms with E-state index in [0.29, 0.717) is 17.9 Å². The zero-order valence-corrected chi connectivity index (χ0v) is 18.7. The first-order valence-corrected chi connectivity index (χ1v) is 10.5. The highest BCUT2D eigenvalue weighted by atomic mass is 79.9. The van der Waals surface area contributed by atoms with E-state index < -0.39 is 0 Å². The first-order chi connectivity index (χ1) is 15.0. The maximum atomic E-state index is 13.1. The van der Waals surface area contributed by atoms with Gasteiger partial charge in [-0.25, -0.2) is 9.97 Å². The van der Waals surface area contributed by atoms with Crippen molar-refractivity contribution in [1.29, 1.82) is 0 Å². The molecule has 0 bridgehead atoms. The molecule has 2 heterocycles. The van der Waals surface area contributed by atoms with Gasteiger partial charge in [-0.05, 0) is 70.4 Å². The average Bonchev–Trinajstić information content (AvgIpc) is 2.79. The number of rotatable bonds is 6. The van der Waals surface area contributed by atoms with Gasteiger partial charge >= 0.3 is 0 Å². The zero-order chi connectivity index (χ0) is 21.8. The van der Waals surface area contributed by atoms with Gasteiger partial charge in [0.2, 0.25) is 0 Å². The fraction of sp³-hybridized carbons (Fsp3) is 0.125. The minimum Gasteiger partial charge on any atom is -0.497 e. The van der Waals surface area contributed by atoms with Crippen LogP contribution >= 0.6 is 15.9 Å². The van der Waals surface area contributed by atoms with Crippen molar-refractivity contribution in [3.63, 3.8) is 0 Å². The molecular formula is C24H21BrN4O2. The van der Waals surface area contributed by atoms with Gasteiger partial charge < -0.3 is 15.4 Å². The number of halogens is 1. The summed E-state index contributed by atoms with van der Waals surface area (Å²) in [6.45, 7) is 2.48. The van der Waals surface area contributed by atoms with E-state index >= 15 is 0 Å². The van der Waals surface area contributed by atoms with Gasteiger partial charge in [-0.3, -0.25) is 4.79 Å². The van der Waals surface area contributed by atoms with Crippen LogP contribution in [-0.4, -0.2) is 23.0 Å². The summed E-state index contributed by atoms with van der Waals surface area (Å²) in [7, 11) is 1.62. The average molecular weight is 477 g/mol. The van der Waals surface area contributed by atoms with Crippen LogP contribution in [0.4, 0.5) is 11.5 Å². The smallest absolute Gasteiger partial charge is 0.258 e. The molecule has 0 radical (unpaired) electrons. The molecule has 0 unspecified atom stereocenters. The van der Waals surface area contributed by atoms with Crippen molar-refractivity contribution in [2.75, 3.05) is 17.7 Å². The Balaban J connectivity index is 1.56. The number of nitrogens with zero attached hydrogens (tertiary/aromatic N) is 2. The molecule has 0 aliphatic carbocycles. The minimum atomic E-state index is -0.227. The molecule has 2 N–H and O–H groups in total. The van der Waals surface area contributed by atoms with Crippen LogP contribution in [0.5, 0.6) is 5.75 Å². The van der Waals surface area contributed by atoms with Gasteiger partial charge in [-0.2, -0.15) is 0 Å². The van der Waals surface area contributed by atoms with Crippen molar-refractivity contribution in [2.24, 2.45) is 0 Å². The van der Waals surface area contributed by atoms with Crippen molar-refractivity contribution in [2.45, 2.75) is 13.5 Å². The summed E-state index contributed by atoms with van der Waals surface area (Å²) in [5.74, 6) is 1.02. The van der Waals surface area contributed by atoms with E-state index in [1.165, 1.54) is 0 Å². The van der Waals surface area contributed by atoms with Crippen LogP contribution < -0.4 is 15.4 Å². The number of benzene rings is 2. The summed E-state index contributed by atoms with van der Waals surface area (Å²) >= 11 is 3.34. The highest BCUT2D eigenvalue weighted by Crippen LogP contribution is 2.25. The molecule has 0 spiro atoms. The van der Waals surface area contributed by atoms with Gasteiger partial charge in [0.05, 0.1) is 18.2 Å². The number of nitrogens with one attached hydrogen (secondary N) is 2. The summed E-state index contributed by atoms with van der Waals surface area (Å²) in [5, 5.41) is 7.26. The van der Waals surface area contributed by atoms with Crippen molar-refractivity contribution >= 4 is 44.2 Å². The molecule has 0 saturated heterocycles. The molecule has 156 valence electrons. The molecule has 6 nitrogen and oxygen atoms in total. The second-order valence-electron chi connectivity index (χ2n) is 7.05. The van der Waals surface area contributed by atoms with E-state index in [-0.39, 0.29) is 5.91 Å². The second-order valence-corrected chi connectivity index (χ2v) is 7.87. The van der Waals surface area contributed by atoms with E-state index in [9.17, 15) is 4.79 Å². The monoisotopic (exact) mass is 476 g/mol. The fourth-order valence-electron chi connectivity index (χ4n) is 3.22. The molecule has 2 aromatic heterocycles. The van der Waals surface area contributed by atoms with Crippen molar-refractivity contribution in [3.05, 3.63) is 88.2 Å². The van der Waals surface area contributed by atoms with Crippen LogP contribution in [0.3, 0.4) is 0 Å². The summed E-state index contributed by atoms with van der Waals surface area (Å²) in [4.78, 5) is 21.9. The predicted molar refractivity (Wildman–Crippen MR) is 127 cm³/mol. The lowest BCUT2D eigenvalue weighted by molar-refractivity contribution is 0.102. The van der Waals surface area contributed by atoms with E-state index in [2.05, 4.69) is 36.5 Å². The van der Waals surface area contributed by atoms with Crippen LogP contribution in [0, 0.1) is 6.92 Å². The van der Waals surface area contributed by atoms with Gasteiger partial charge in [0.25, 0.3) is 5.91 Å². The molecule has 4 aromatic rings. The first-order valence-electron chi connectivity index (χ1n) is 9.73. The Labute approximate surface area is 188 Å². The number of amides is 1. The second kappa shape index (κ2) is 9.14. The number of pyridine rings is 2. The number of para-hydroxylation sites is 1. The topological polar surface area (TPSA) is 76.1 Å². The number of anilines is 2. The van der Waals surface area contributed by atoms with E-state index in [1.54, 1.807) is 19.4 Å². The Kier molecular flexibility index (Phi) is 6.13. The van der Waals surface area contributed by atoms with Crippen molar-refractivity contribution in [3.8, 4) is 5.75 Å². The largest absolute Gasteiger partial charge is 0.497 e. The molecule has 0 saturated carbocycles. The zero-order valence-electron chi connectivity index (χ0n) is 17.1. The summed E-state index contributed by atoms with van der Waals surface area (Å²) in [6, 6.07) is 19.0. The molecule has 2 aromatic carbocycles. The van der Waals surface area contributed by atoms with Crippen molar-refractivity contribution < 1.29 is 9.53 Å². The number of ether oxygens (including phenoxy) is 1. The SMILES string of the molecule is COc1ccc2cc(C)c(NC(=O)c3ccccc3NCc3ccc(Br)nc3)nc2c1. The maximum absolute atomic E-state index is 13.1. The van der Waals surface area contributed by atoms with Crippen molar-refractivity contribution in [1.82, 2.24) is 9.97 Å². The maximum Gasteiger partial charge on any atom is 0.258 e. The fourth-order valence-corrected chi connectivity index (χ4v) is 3.46. The highest BCUT2D eigenvalue weighted by molar-refractivity contribution is 9.10. The molecule has 4 rings (SSSR count). The lowest BCUT2D eigenvalue weighted by atomic mass is 10.1. The predicted octanol–water partition coefficient (Wildman–Crippen LogP) is 5.57. The summed E-state index contributed by atoms with van der Waals surface area (Å²) in [6.07, 6.45) is 1.79. The number of hydrogen-bond donors (Lipinski definition) is 2. The van der Waals surface area contributed by atoms with Gasteiger partial charge in [-0.15, -0.1) is 0 Å². The Morgan fingerprint density at radius 1 is 1.10 bits per heavy atom. The number of hydrogen-bond acceptors (Lipinski definition) is 5. The van der Waals surface area contributed by atoms with Gasteiger partial charge in [-0.1, -0.05) is 18.2 Å². The molecule has 0 aliphatic heterocycles. The standard InChI is InChI=1S/C24H21BrN4O2/c1-15-11-17-8-9-18(31-2)12-21(17)28-23(15)29-24(30)19-5-3-4-6-20(19)26-13-16-7-10-22(25)27-14-16/h3-12,14,26H,13H2,1-2H3,(H,28,29,30). The van der Waals surface area contributed by atoms with Crippen LogP contribution in [0.2, 0.25) is 0 Å². The van der Waals surface area contributed by atoms with Crippen LogP contribution in [0.25, 0.3) is 10.9 Å². The minimum absolute atomic E-state index is 0.227. The van der Waals surface area contributed by atoms with Crippen LogP contribution in [0.15, 0.2) is 71.5 Å². The van der Waals surface area contributed by atoms with E-state index in [0.717, 1.165) is 38.1 Å². The number of aryl methyl sites for hydroxylation is 1. The third-order valence-electron chi connectivity index (χ3n) is 4.89. The number of aromatic nitrogens is 2.